The van der Waals surface area contributed by atoms with E-state index >= 15 is 0 Å². The summed E-state index contributed by atoms with van der Waals surface area (Å²) >= 11 is 6.32. The first-order valence-corrected chi connectivity index (χ1v) is 5.07. The minimum absolute atomic E-state index is 0.0101. The fraction of sp³-hybridized carbons (Fsp3) is 0.455. The molecule has 3 heteroatoms. The molecule has 3 rings (SSSR count). The molecule has 74 valence electrons. The number of para-hydroxylation sites is 1. The van der Waals surface area contributed by atoms with Crippen molar-refractivity contribution in [2.24, 2.45) is 0 Å². The molecule has 0 amide bonds. The van der Waals surface area contributed by atoms with Crippen LogP contribution in [0.4, 0.5) is 0 Å². The molecule has 0 N–H and O–H groups in total. The quantitative estimate of drug-likeness (QED) is 0.485. The van der Waals surface area contributed by atoms with Crippen molar-refractivity contribution in [2.45, 2.75) is 30.6 Å². The third kappa shape index (κ3) is 0.856. The Morgan fingerprint density at radius 1 is 1.29 bits per heavy atom. The van der Waals surface area contributed by atoms with Gasteiger partial charge in [0.25, 0.3) is 0 Å². The maximum absolute atomic E-state index is 6.32. The van der Waals surface area contributed by atoms with Crippen molar-refractivity contribution in [2.75, 3.05) is 0 Å². The molecular weight excluding hydrogens is 200 g/mol. The molecule has 0 saturated carbocycles. The fourth-order valence-corrected chi connectivity index (χ4v) is 2.24. The van der Waals surface area contributed by atoms with E-state index in [1.54, 1.807) is 0 Å². The summed E-state index contributed by atoms with van der Waals surface area (Å²) in [5, 5.41) is -0.665. The number of hydrogen-bond acceptors (Lipinski definition) is 2. The molecule has 2 aliphatic heterocycles. The van der Waals surface area contributed by atoms with E-state index in [4.69, 9.17) is 21.1 Å². The smallest absolute Gasteiger partial charge is 0.211 e. The maximum Gasteiger partial charge on any atom is 0.211 e. The normalized spacial score (nSPS) is 36.6. The zero-order valence-corrected chi connectivity index (χ0v) is 8.84. The number of fused-ring (bicyclic) bond motifs is 3. The van der Waals surface area contributed by atoms with Gasteiger partial charge >= 0.3 is 0 Å². The van der Waals surface area contributed by atoms with E-state index in [0.717, 1.165) is 11.3 Å². The zero-order valence-electron chi connectivity index (χ0n) is 8.08. The molecule has 2 aliphatic rings. The van der Waals surface area contributed by atoms with E-state index in [0.29, 0.717) is 0 Å². The third-order valence-corrected chi connectivity index (χ3v) is 3.70. The van der Waals surface area contributed by atoms with Crippen LogP contribution in [0.5, 0.6) is 5.75 Å². The molecule has 1 aromatic carbocycles. The van der Waals surface area contributed by atoms with Gasteiger partial charge in [0.05, 0.1) is 0 Å². The minimum Gasteiger partial charge on any atom is -0.483 e. The van der Waals surface area contributed by atoms with E-state index in [2.05, 4.69) is 0 Å². The van der Waals surface area contributed by atoms with Gasteiger partial charge in [-0.3, -0.25) is 0 Å². The second-order valence-corrected chi connectivity index (χ2v) is 4.85. The highest BCUT2D eigenvalue weighted by Crippen LogP contribution is 2.64. The van der Waals surface area contributed by atoms with Gasteiger partial charge in [-0.2, -0.15) is 0 Å². The van der Waals surface area contributed by atoms with Gasteiger partial charge in [0, 0.05) is 5.56 Å². The predicted molar refractivity (Wildman–Crippen MR) is 53.6 cm³/mol. The van der Waals surface area contributed by atoms with Crippen molar-refractivity contribution in [3.05, 3.63) is 29.8 Å². The molecule has 2 heterocycles. The first-order chi connectivity index (χ1) is 6.55. The number of benzene rings is 1. The van der Waals surface area contributed by atoms with Crippen molar-refractivity contribution in [1.29, 1.82) is 0 Å². The van der Waals surface area contributed by atoms with Gasteiger partial charge in [0.1, 0.15) is 17.5 Å². The Hall–Kier alpha value is -0.730. The molecule has 0 aromatic heterocycles. The van der Waals surface area contributed by atoms with E-state index in [-0.39, 0.29) is 6.10 Å². The van der Waals surface area contributed by atoms with E-state index in [9.17, 15) is 0 Å². The zero-order chi connectivity index (χ0) is 9.97. The van der Waals surface area contributed by atoms with Crippen LogP contribution in [0.3, 0.4) is 0 Å². The Kier molecular flexibility index (Phi) is 1.38. The first kappa shape index (κ1) is 8.57. The van der Waals surface area contributed by atoms with Crippen molar-refractivity contribution in [3.63, 3.8) is 0 Å². The van der Waals surface area contributed by atoms with E-state index in [1.165, 1.54) is 0 Å². The molecule has 0 radical (unpaired) electrons. The van der Waals surface area contributed by atoms with Crippen LogP contribution >= 0.6 is 11.6 Å². The average molecular weight is 211 g/mol. The van der Waals surface area contributed by atoms with Gasteiger partial charge in [-0.1, -0.05) is 29.8 Å². The molecule has 1 aromatic rings. The summed E-state index contributed by atoms with van der Waals surface area (Å²) in [5.74, 6) is 0.885. The monoisotopic (exact) mass is 210 g/mol. The van der Waals surface area contributed by atoms with E-state index in [1.807, 2.05) is 38.1 Å². The SMILES string of the molecule is CC1(C)Oc2ccccc2C2OC21Cl. The number of ether oxygens (including phenoxy) is 2. The minimum atomic E-state index is -0.665. The predicted octanol–water partition coefficient (Wildman–Crippen LogP) is 2.86. The highest BCUT2D eigenvalue weighted by molar-refractivity contribution is 6.26. The van der Waals surface area contributed by atoms with Gasteiger partial charge in [0.2, 0.25) is 5.06 Å². The van der Waals surface area contributed by atoms with Crippen molar-refractivity contribution in [1.82, 2.24) is 0 Å². The number of epoxide rings is 1. The number of halogens is 1. The van der Waals surface area contributed by atoms with Crippen molar-refractivity contribution >= 4 is 11.6 Å². The van der Waals surface area contributed by atoms with Gasteiger partial charge in [0.15, 0.2) is 0 Å². The molecule has 2 atom stereocenters. The van der Waals surface area contributed by atoms with Gasteiger partial charge in [-0.05, 0) is 19.9 Å². The third-order valence-electron chi connectivity index (χ3n) is 2.96. The van der Waals surface area contributed by atoms with Crippen LogP contribution in [0.1, 0.15) is 25.5 Å². The lowest BCUT2D eigenvalue weighted by atomic mass is 9.94. The Bertz CT molecular complexity index is 399. The van der Waals surface area contributed by atoms with Crippen LogP contribution in [0.25, 0.3) is 0 Å². The van der Waals surface area contributed by atoms with Crippen LogP contribution < -0.4 is 4.74 Å². The van der Waals surface area contributed by atoms with E-state index < -0.39 is 10.7 Å². The molecule has 14 heavy (non-hydrogen) atoms. The summed E-state index contributed by atoms with van der Waals surface area (Å²) in [5.41, 5.74) is 0.593. The Morgan fingerprint density at radius 3 is 2.79 bits per heavy atom. The molecule has 2 nitrogen and oxygen atoms in total. The molecule has 2 unspecified atom stereocenters. The van der Waals surface area contributed by atoms with Crippen molar-refractivity contribution in [3.8, 4) is 5.75 Å². The fourth-order valence-electron chi connectivity index (χ4n) is 1.99. The molecular formula is C11H11ClO2. The highest BCUT2D eigenvalue weighted by Gasteiger charge is 2.70. The number of hydrogen-bond donors (Lipinski definition) is 0. The van der Waals surface area contributed by atoms with Crippen LogP contribution in [-0.2, 0) is 4.74 Å². The summed E-state index contributed by atoms with van der Waals surface area (Å²) in [6, 6.07) is 7.88. The summed E-state index contributed by atoms with van der Waals surface area (Å²) < 4.78 is 11.4. The number of alkyl halides is 1. The lowest BCUT2D eigenvalue weighted by Crippen LogP contribution is -2.44. The Balaban J connectivity index is 2.15. The van der Waals surface area contributed by atoms with Gasteiger partial charge in [-0.15, -0.1) is 0 Å². The van der Waals surface area contributed by atoms with Crippen LogP contribution in [0.2, 0.25) is 0 Å². The second-order valence-electron chi connectivity index (χ2n) is 4.29. The summed E-state index contributed by atoms with van der Waals surface area (Å²) in [7, 11) is 0. The molecule has 0 spiro atoms. The van der Waals surface area contributed by atoms with Gasteiger partial charge in [-0.25, -0.2) is 0 Å². The van der Waals surface area contributed by atoms with Crippen LogP contribution in [0.15, 0.2) is 24.3 Å². The Labute approximate surface area is 87.8 Å². The lowest BCUT2D eigenvalue weighted by Gasteiger charge is -2.33. The van der Waals surface area contributed by atoms with Gasteiger partial charge < -0.3 is 9.47 Å². The lowest BCUT2D eigenvalue weighted by molar-refractivity contribution is 0.0542. The molecule has 0 bridgehead atoms. The number of rotatable bonds is 0. The Morgan fingerprint density at radius 2 is 2.00 bits per heavy atom. The average Bonchev–Trinajstić information content (AvgIpc) is 2.80. The molecule has 1 saturated heterocycles. The molecule has 0 aliphatic carbocycles. The summed E-state index contributed by atoms with van der Waals surface area (Å²) in [6.07, 6.45) is -0.0101. The standard InChI is InChI=1S/C11H11ClO2/c1-10(2)11(12)9(14-11)7-5-3-4-6-8(7)13-10/h3-6,9H,1-2H3. The first-order valence-electron chi connectivity index (χ1n) is 4.69. The van der Waals surface area contributed by atoms with Crippen LogP contribution in [-0.4, -0.2) is 10.7 Å². The summed E-state index contributed by atoms with van der Waals surface area (Å²) in [4.78, 5) is 0. The molecule has 1 fully saturated rings. The van der Waals surface area contributed by atoms with Crippen molar-refractivity contribution < 1.29 is 9.47 Å². The summed E-state index contributed by atoms with van der Waals surface area (Å²) in [6.45, 7) is 3.91. The van der Waals surface area contributed by atoms with Crippen LogP contribution in [0, 0.1) is 0 Å². The topological polar surface area (TPSA) is 21.8 Å². The maximum atomic E-state index is 6.32. The largest absolute Gasteiger partial charge is 0.483 e. The second kappa shape index (κ2) is 2.26. The highest BCUT2D eigenvalue weighted by atomic mass is 35.5.